The van der Waals surface area contributed by atoms with Gasteiger partial charge in [0.05, 0.1) is 6.42 Å². The molecule has 2 amide bonds. The van der Waals surface area contributed by atoms with Crippen LogP contribution in [0, 0.1) is 0 Å². The average Bonchev–Trinajstić information content (AvgIpc) is 2.62. The van der Waals surface area contributed by atoms with E-state index in [2.05, 4.69) is 5.32 Å². The standard InChI is InChI=1S/C21H22Cl4N2O2/c1-12(2)26-21(29)13(3)27(11-16-17(23)5-4-6-18(16)24)20(28)9-14-7-8-15(22)10-19(14)25/h4-8,10,12-13H,9,11H2,1-3H3,(H,26,29). The number of nitrogens with one attached hydrogen (secondary N) is 1. The molecule has 2 rings (SSSR count). The molecule has 0 bridgehead atoms. The van der Waals surface area contributed by atoms with Crippen LogP contribution in [-0.2, 0) is 22.6 Å². The Hall–Kier alpha value is -1.46. The van der Waals surface area contributed by atoms with Gasteiger partial charge in [0.25, 0.3) is 0 Å². The molecule has 29 heavy (non-hydrogen) atoms. The Morgan fingerprint density at radius 3 is 2.14 bits per heavy atom. The van der Waals surface area contributed by atoms with Crippen molar-refractivity contribution in [3.63, 3.8) is 0 Å². The Kier molecular flexibility index (Phi) is 8.65. The Labute approximate surface area is 191 Å². The summed E-state index contributed by atoms with van der Waals surface area (Å²) in [5.41, 5.74) is 1.20. The number of rotatable bonds is 7. The van der Waals surface area contributed by atoms with Crippen LogP contribution < -0.4 is 5.32 Å². The van der Waals surface area contributed by atoms with Gasteiger partial charge in [0.2, 0.25) is 11.8 Å². The van der Waals surface area contributed by atoms with E-state index in [4.69, 9.17) is 46.4 Å². The van der Waals surface area contributed by atoms with Gasteiger partial charge < -0.3 is 10.2 Å². The van der Waals surface area contributed by atoms with E-state index in [9.17, 15) is 9.59 Å². The molecule has 0 saturated heterocycles. The topological polar surface area (TPSA) is 49.4 Å². The van der Waals surface area contributed by atoms with Crippen LogP contribution in [0.2, 0.25) is 20.1 Å². The monoisotopic (exact) mass is 474 g/mol. The number of carbonyl (C=O) groups is 2. The second-order valence-corrected chi connectivity index (χ2v) is 8.63. The van der Waals surface area contributed by atoms with E-state index in [0.717, 1.165) is 0 Å². The smallest absolute Gasteiger partial charge is 0.242 e. The van der Waals surface area contributed by atoms with Gasteiger partial charge in [-0.1, -0.05) is 58.5 Å². The SMILES string of the molecule is CC(C)NC(=O)C(C)N(Cc1c(Cl)cccc1Cl)C(=O)Cc1ccc(Cl)cc1Cl. The van der Waals surface area contributed by atoms with Crippen LogP contribution in [0.5, 0.6) is 0 Å². The molecule has 0 aliphatic carbocycles. The van der Waals surface area contributed by atoms with Crippen molar-refractivity contribution in [1.29, 1.82) is 0 Å². The highest BCUT2D eigenvalue weighted by Crippen LogP contribution is 2.28. The molecule has 0 saturated carbocycles. The zero-order chi connectivity index (χ0) is 21.7. The largest absolute Gasteiger partial charge is 0.352 e. The molecule has 1 atom stereocenters. The van der Waals surface area contributed by atoms with Crippen molar-refractivity contribution in [2.45, 2.75) is 45.8 Å². The van der Waals surface area contributed by atoms with Crippen LogP contribution in [-0.4, -0.2) is 28.8 Å². The number of carbonyl (C=O) groups excluding carboxylic acids is 2. The van der Waals surface area contributed by atoms with Gasteiger partial charge >= 0.3 is 0 Å². The van der Waals surface area contributed by atoms with E-state index < -0.39 is 6.04 Å². The first kappa shape index (κ1) is 23.8. The number of benzene rings is 2. The van der Waals surface area contributed by atoms with Gasteiger partial charge in [-0.15, -0.1) is 0 Å². The van der Waals surface area contributed by atoms with Crippen molar-refractivity contribution in [2.24, 2.45) is 0 Å². The van der Waals surface area contributed by atoms with Gasteiger partial charge in [-0.3, -0.25) is 9.59 Å². The lowest BCUT2D eigenvalue weighted by Gasteiger charge is -2.30. The minimum absolute atomic E-state index is 0.0113. The van der Waals surface area contributed by atoms with Gasteiger partial charge in [0, 0.05) is 38.2 Å². The molecule has 2 aromatic rings. The number of amides is 2. The summed E-state index contributed by atoms with van der Waals surface area (Å²) in [6, 6.07) is 9.27. The molecule has 4 nitrogen and oxygen atoms in total. The lowest BCUT2D eigenvalue weighted by atomic mass is 10.1. The van der Waals surface area contributed by atoms with Crippen molar-refractivity contribution in [2.75, 3.05) is 0 Å². The average molecular weight is 476 g/mol. The van der Waals surface area contributed by atoms with Crippen molar-refractivity contribution >= 4 is 58.2 Å². The van der Waals surface area contributed by atoms with E-state index in [0.29, 0.717) is 31.2 Å². The molecule has 0 aromatic heterocycles. The van der Waals surface area contributed by atoms with Crippen LogP contribution in [0.15, 0.2) is 36.4 Å². The second kappa shape index (κ2) is 10.5. The number of halogens is 4. The maximum Gasteiger partial charge on any atom is 0.242 e. The Morgan fingerprint density at radius 2 is 1.59 bits per heavy atom. The molecule has 0 aliphatic rings. The summed E-state index contributed by atoms with van der Waals surface area (Å²) in [6.45, 7) is 5.48. The molecule has 8 heteroatoms. The van der Waals surface area contributed by atoms with Crippen molar-refractivity contribution in [1.82, 2.24) is 10.2 Å². The van der Waals surface area contributed by atoms with Crippen molar-refractivity contribution in [3.05, 3.63) is 67.6 Å². The zero-order valence-electron chi connectivity index (χ0n) is 16.3. The molecule has 0 radical (unpaired) electrons. The van der Waals surface area contributed by atoms with Crippen LogP contribution in [0.3, 0.4) is 0 Å². The predicted octanol–water partition coefficient (Wildman–Crippen LogP) is 5.78. The van der Waals surface area contributed by atoms with E-state index in [1.807, 2.05) is 13.8 Å². The van der Waals surface area contributed by atoms with Gasteiger partial charge in [0.1, 0.15) is 6.04 Å². The summed E-state index contributed by atoms with van der Waals surface area (Å²) in [5.74, 6) is -0.546. The summed E-state index contributed by atoms with van der Waals surface area (Å²) in [6.07, 6.45) is 0.0113. The fourth-order valence-electron chi connectivity index (χ4n) is 2.77. The molecule has 156 valence electrons. The van der Waals surface area contributed by atoms with Crippen LogP contribution in [0.25, 0.3) is 0 Å². The molecule has 0 aliphatic heterocycles. The highest BCUT2D eigenvalue weighted by Gasteiger charge is 2.28. The summed E-state index contributed by atoms with van der Waals surface area (Å²) in [4.78, 5) is 27.2. The van der Waals surface area contributed by atoms with Gasteiger partial charge in [0.15, 0.2) is 0 Å². The third kappa shape index (κ3) is 6.51. The molecule has 0 heterocycles. The van der Waals surface area contributed by atoms with E-state index in [1.54, 1.807) is 43.3 Å². The van der Waals surface area contributed by atoms with E-state index in [-0.39, 0.29) is 30.8 Å². The van der Waals surface area contributed by atoms with Gasteiger partial charge in [-0.2, -0.15) is 0 Å². The fraction of sp³-hybridized carbons (Fsp3) is 0.333. The van der Waals surface area contributed by atoms with Crippen molar-refractivity contribution in [3.8, 4) is 0 Å². The highest BCUT2D eigenvalue weighted by atomic mass is 35.5. The second-order valence-electron chi connectivity index (χ2n) is 6.97. The van der Waals surface area contributed by atoms with Crippen LogP contribution in [0.1, 0.15) is 31.9 Å². The maximum atomic E-state index is 13.2. The maximum absolute atomic E-state index is 13.2. The molecule has 1 unspecified atom stereocenters. The summed E-state index contributed by atoms with van der Waals surface area (Å²) < 4.78 is 0. The van der Waals surface area contributed by atoms with Crippen LogP contribution >= 0.6 is 46.4 Å². The van der Waals surface area contributed by atoms with E-state index in [1.165, 1.54) is 4.90 Å². The van der Waals surface area contributed by atoms with Gasteiger partial charge in [-0.25, -0.2) is 0 Å². The Balaban J connectivity index is 2.34. The first-order chi connectivity index (χ1) is 13.6. The first-order valence-electron chi connectivity index (χ1n) is 9.06. The summed E-state index contributed by atoms with van der Waals surface area (Å²) in [5, 5.41) is 4.56. The predicted molar refractivity (Wildman–Crippen MR) is 120 cm³/mol. The quantitative estimate of drug-likeness (QED) is 0.551. The van der Waals surface area contributed by atoms with E-state index >= 15 is 0 Å². The van der Waals surface area contributed by atoms with Gasteiger partial charge in [-0.05, 0) is 50.6 Å². The lowest BCUT2D eigenvalue weighted by Crippen LogP contribution is -2.49. The number of hydrogen-bond acceptors (Lipinski definition) is 2. The number of nitrogens with zero attached hydrogens (tertiary/aromatic N) is 1. The fourth-order valence-corrected chi connectivity index (χ4v) is 3.76. The normalized spacial score (nSPS) is 12.0. The molecule has 0 spiro atoms. The minimum Gasteiger partial charge on any atom is -0.352 e. The molecule has 1 N–H and O–H groups in total. The third-order valence-corrected chi connectivity index (χ3v) is 5.64. The minimum atomic E-state index is -0.733. The molecular weight excluding hydrogens is 454 g/mol. The molecule has 0 fully saturated rings. The summed E-state index contributed by atoms with van der Waals surface area (Å²) >= 11 is 24.7. The van der Waals surface area contributed by atoms with Crippen molar-refractivity contribution < 1.29 is 9.59 Å². The Morgan fingerprint density at radius 1 is 0.966 bits per heavy atom. The van der Waals surface area contributed by atoms with Crippen LogP contribution in [0.4, 0.5) is 0 Å². The lowest BCUT2D eigenvalue weighted by molar-refractivity contribution is -0.140. The summed E-state index contributed by atoms with van der Waals surface area (Å²) in [7, 11) is 0. The third-order valence-electron chi connectivity index (χ3n) is 4.35. The zero-order valence-corrected chi connectivity index (χ0v) is 19.3. The Bertz CT molecular complexity index is 882. The first-order valence-corrected chi connectivity index (χ1v) is 10.6. The highest BCUT2D eigenvalue weighted by molar-refractivity contribution is 6.36. The number of hydrogen-bond donors (Lipinski definition) is 1. The molecular formula is C21H22Cl4N2O2. The molecule has 2 aromatic carbocycles.